The van der Waals surface area contributed by atoms with Crippen LogP contribution in [0.3, 0.4) is 0 Å². The van der Waals surface area contributed by atoms with Gasteiger partial charge in [0.25, 0.3) is 5.91 Å². The number of hydrogen-bond acceptors (Lipinski definition) is 5. The molecular weight excluding hydrogens is 196 g/mol. The maximum Gasteiger partial charge on any atom is 0.259 e. The quantitative estimate of drug-likeness (QED) is 0.758. The van der Waals surface area contributed by atoms with E-state index in [1.54, 1.807) is 12.1 Å². The predicted octanol–water partition coefficient (Wildman–Crippen LogP) is 0.904. The summed E-state index contributed by atoms with van der Waals surface area (Å²) in [6, 6.07) is 3.23. The molecule has 2 aromatic rings. The van der Waals surface area contributed by atoms with Gasteiger partial charge in [0, 0.05) is 6.20 Å². The lowest BCUT2D eigenvalue weighted by Gasteiger charge is -2.03. The number of anilines is 2. The molecule has 76 valence electrons. The molecule has 6 heteroatoms. The van der Waals surface area contributed by atoms with Crippen molar-refractivity contribution in [2.75, 3.05) is 11.1 Å². The van der Waals surface area contributed by atoms with Crippen LogP contribution in [0.1, 0.15) is 10.4 Å². The van der Waals surface area contributed by atoms with Gasteiger partial charge in [0.2, 0.25) is 0 Å². The molecule has 0 aliphatic heterocycles. The van der Waals surface area contributed by atoms with Crippen LogP contribution in [0.25, 0.3) is 0 Å². The third-order valence-corrected chi connectivity index (χ3v) is 1.77. The summed E-state index contributed by atoms with van der Waals surface area (Å²) in [4.78, 5) is 15.4. The Labute approximate surface area is 85.1 Å². The van der Waals surface area contributed by atoms with Crippen LogP contribution >= 0.6 is 0 Å². The third-order valence-electron chi connectivity index (χ3n) is 1.77. The van der Waals surface area contributed by atoms with Gasteiger partial charge in [0.15, 0.2) is 0 Å². The fraction of sp³-hybridized carbons (Fsp3) is 0. The molecule has 2 aromatic heterocycles. The zero-order valence-corrected chi connectivity index (χ0v) is 7.68. The second-order valence-electron chi connectivity index (χ2n) is 2.80. The molecule has 3 N–H and O–H groups in total. The highest BCUT2D eigenvalue weighted by Gasteiger charge is 2.10. The number of nitrogens with one attached hydrogen (secondary N) is 1. The Bertz CT molecular complexity index is 467. The SMILES string of the molecule is Nc1ncccc1C(=O)Nc1cnoc1. The van der Waals surface area contributed by atoms with E-state index in [4.69, 9.17) is 5.73 Å². The number of nitrogens with two attached hydrogens (primary N) is 1. The van der Waals surface area contributed by atoms with Gasteiger partial charge in [-0.1, -0.05) is 5.16 Å². The molecule has 15 heavy (non-hydrogen) atoms. The number of hydrogen-bond donors (Lipinski definition) is 2. The van der Waals surface area contributed by atoms with Gasteiger partial charge in [-0.3, -0.25) is 4.79 Å². The van der Waals surface area contributed by atoms with Gasteiger partial charge in [-0.05, 0) is 12.1 Å². The number of pyridine rings is 1. The van der Waals surface area contributed by atoms with Crippen molar-refractivity contribution in [2.24, 2.45) is 0 Å². The standard InChI is InChI=1S/C9H8N4O2/c10-8-7(2-1-3-11-8)9(14)13-6-4-12-15-5-6/h1-5H,(H2,10,11)(H,13,14). The molecule has 2 heterocycles. The first-order valence-electron chi connectivity index (χ1n) is 4.18. The number of carbonyl (C=O) groups excluding carboxylic acids is 1. The maximum atomic E-state index is 11.6. The van der Waals surface area contributed by atoms with Crippen molar-refractivity contribution in [1.29, 1.82) is 0 Å². The van der Waals surface area contributed by atoms with E-state index in [0.29, 0.717) is 11.3 Å². The molecule has 0 spiro atoms. The largest absolute Gasteiger partial charge is 0.383 e. The van der Waals surface area contributed by atoms with Gasteiger partial charge in [-0.2, -0.15) is 0 Å². The normalized spacial score (nSPS) is 9.87. The maximum absolute atomic E-state index is 11.6. The summed E-state index contributed by atoms with van der Waals surface area (Å²) < 4.78 is 4.57. The second kappa shape index (κ2) is 3.79. The van der Waals surface area contributed by atoms with Crippen LogP contribution in [0.2, 0.25) is 0 Å². The van der Waals surface area contributed by atoms with Gasteiger partial charge < -0.3 is 15.6 Å². The van der Waals surface area contributed by atoms with Crippen molar-refractivity contribution in [3.05, 3.63) is 36.4 Å². The number of rotatable bonds is 2. The van der Waals surface area contributed by atoms with Gasteiger partial charge in [0.05, 0.1) is 11.8 Å². The first-order valence-corrected chi connectivity index (χ1v) is 4.18. The lowest BCUT2D eigenvalue weighted by Crippen LogP contribution is -2.14. The molecule has 0 radical (unpaired) electrons. The number of amides is 1. The Morgan fingerprint density at radius 2 is 2.40 bits per heavy atom. The summed E-state index contributed by atoms with van der Waals surface area (Å²) in [7, 11) is 0. The lowest BCUT2D eigenvalue weighted by molar-refractivity contribution is 0.102. The minimum atomic E-state index is -0.344. The number of aromatic nitrogens is 2. The highest BCUT2D eigenvalue weighted by Crippen LogP contribution is 2.11. The molecule has 0 fully saturated rings. The van der Waals surface area contributed by atoms with E-state index in [-0.39, 0.29) is 11.7 Å². The van der Waals surface area contributed by atoms with E-state index >= 15 is 0 Å². The summed E-state index contributed by atoms with van der Waals surface area (Å²) >= 11 is 0. The molecule has 0 aliphatic rings. The van der Waals surface area contributed by atoms with Crippen molar-refractivity contribution in [2.45, 2.75) is 0 Å². The molecule has 0 saturated carbocycles. The summed E-state index contributed by atoms with van der Waals surface area (Å²) in [5.74, 6) is -0.157. The van der Waals surface area contributed by atoms with Crippen LogP contribution in [0.5, 0.6) is 0 Å². The molecule has 0 aliphatic carbocycles. The topological polar surface area (TPSA) is 94.0 Å². The first-order chi connectivity index (χ1) is 7.27. The van der Waals surface area contributed by atoms with Crippen molar-refractivity contribution in [3.63, 3.8) is 0 Å². The van der Waals surface area contributed by atoms with E-state index in [9.17, 15) is 4.79 Å². The fourth-order valence-corrected chi connectivity index (χ4v) is 1.07. The molecule has 0 unspecified atom stereocenters. The zero-order valence-electron chi connectivity index (χ0n) is 7.68. The van der Waals surface area contributed by atoms with Crippen LogP contribution in [0.4, 0.5) is 11.5 Å². The highest BCUT2D eigenvalue weighted by molar-refractivity contribution is 6.06. The van der Waals surface area contributed by atoms with Crippen molar-refractivity contribution >= 4 is 17.4 Å². The predicted molar refractivity (Wildman–Crippen MR) is 53.1 cm³/mol. The minimum Gasteiger partial charge on any atom is -0.383 e. The Morgan fingerprint density at radius 3 is 3.07 bits per heavy atom. The van der Waals surface area contributed by atoms with E-state index in [1.165, 1.54) is 18.7 Å². The smallest absolute Gasteiger partial charge is 0.259 e. The van der Waals surface area contributed by atoms with E-state index < -0.39 is 0 Å². The van der Waals surface area contributed by atoms with E-state index in [2.05, 4.69) is 20.0 Å². The molecule has 1 amide bonds. The van der Waals surface area contributed by atoms with Crippen LogP contribution in [-0.4, -0.2) is 16.0 Å². The summed E-state index contributed by atoms with van der Waals surface area (Å²) in [6.07, 6.45) is 4.24. The van der Waals surface area contributed by atoms with Crippen LogP contribution in [0.15, 0.2) is 35.3 Å². The zero-order chi connectivity index (χ0) is 10.7. The van der Waals surface area contributed by atoms with Crippen LogP contribution < -0.4 is 11.1 Å². The molecule has 2 rings (SSSR count). The monoisotopic (exact) mass is 204 g/mol. The Morgan fingerprint density at radius 1 is 1.53 bits per heavy atom. The first kappa shape index (κ1) is 9.20. The summed E-state index contributed by atoms with van der Waals surface area (Å²) in [6.45, 7) is 0. The third kappa shape index (κ3) is 1.93. The van der Waals surface area contributed by atoms with Crippen LogP contribution in [-0.2, 0) is 0 Å². The lowest BCUT2D eigenvalue weighted by atomic mass is 10.2. The fourth-order valence-electron chi connectivity index (χ4n) is 1.07. The van der Waals surface area contributed by atoms with Gasteiger partial charge >= 0.3 is 0 Å². The number of nitrogens with zero attached hydrogens (tertiary/aromatic N) is 2. The average Bonchev–Trinajstić information content (AvgIpc) is 2.71. The Balaban J connectivity index is 2.19. The van der Waals surface area contributed by atoms with Crippen molar-refractivity contribution in [3.8, 4) is 0 Å². The molecule has 6 nitrogen and oxygen atoms in total. The Kier molecular flexibility index (Phi) is 2.32. The van der Waals surface area contributed by atoms with Gasteiger partial charge in [-0.15, -0.1) is 0 Å². The highest BCUT2D eigenvalue weighted by atomic mass is 16.5. The molecule has 0 aromatic carbocycles. The Hall–Kier alpha value is -2.37. The average molecular weight is 204 g/mol. The molecule has 0 atom stereocenters. The minimum absolute atomic E-state index is 0.187. The number of nitrogen functional groups attached to an aromatic ring is 1. The summed E-state index contributed by atoms with van der Waals surface area (Å²) in [5, 5.41) is 6.02. The van der Waals surface area contributed by atoms with Gasteiger partial charge in [-0.25, -0.2) is 4.98 Å². The summed E-state index contributed by atoms with van der Waals surface area (Å²) in [5.41, 5.74) is 6.33. The number of carbonyl (C=O) groups is 1. The van der Waals surface area contributed by atoms with Crippen molar-refractivity contribution in [1.82, 2.24) is 10.1 Å². The molecule has 0 bridgehead atoms. The van der Waals surface area contributed by atoms with Crippen LogP contribution in [0, 0.1) is 0 Å². The van der Waals surface area contributed by atoms with Crippen molar-refractivity contribution < 1.29 is 9.32 Å². The van der Waals surface area contributed by atoms with E-state index in [1.807, 2.05) is 0 Å². The second-order valence-corrected chi connectivity index (χ2v) is 2.80. The van der Waals surface area contributed by atoms with E-state index in [0.717, 1.165) is 0 Å². The molecular formula is C9H8N4O2. The molecule has 0 saturated heterocycles. The van der Waals surface area contributed by atoms with Gasteiger partial charge in [0.1, 0.15) is 17.8 Å².